The molecule has 0 heterocycles. The maximum atomic E-state index is 13.1. The molecular weight excluding hydrogens is 322 g/mol. The number of hydrogen-bond donors (Lipinski definition) is 1. The molecule has 112 valence electrons. The summed E-state index contributed by atoms with van der Waals surface area (Å²) >= 11 is 11.8. The Morgan fingerprint density at radius 3 is 2.24 bits per heavy atom. The number of hydrogen-bond acceptors (Lipinski definition) is 1. The predicted molar refractivity (Wildman–Crippen MR) is 78.8 cm³/mol. The van der Waals surface area contributed by atoms with E-state index in [2.05, 4.69) is 5.32 Å². The van der Waals surface area contributed by atoms with Crippen LogP contribution in [0.2, 0.25) is 10.0 Å². The summed E-state index contributed by atoms with van der Waals surface area (Å²) in [5, 5.41) is 3.56. The molecule has 1 unspecified atom stereocenters. The maximum Gasteiger partial charge on any atom is 0.416 e. The Labute approximate surface area is 130 Å². The van der Waals surface area contributed by atoms with Crippen molar-refractivity contribution in [3.8, 4) is 0 Å². The van der Waals surface area contributed by atoms with Crippen molar-refractivity contribution in [3.05, 3.63) is 69.2 Å². The molecule has 0 bridgehead atoms. The first-order chi connectivity index (χ1) is 9.84. The van der Waals surface area contributed by atoms with E-state index in [0.29, 0.717) is 15.6 Å². The van der Waals surface area contributed by atoms with Crippen molar-refractivity contribution < 1.29 is 13.2 Å². The lowest BCUT2D eigenvalue weighted by Gasteiger charge is -2.22. The minimum absolute atomic E-state index is 0.144. The van der Waals surface area contributed by atoms with E-state index < -0.39 is 17.8 Å². The van der Waals surface area contributed by atoms with Gasteiger partial charge in [0.15, 0.2) is 0 Å². The lowest BCUT2D eigenvalue weighted by atomic mass is 9.94. The largest absolute Gasteiger partial charge is 0.416 e. The molecule has 0 amide bonds. The first-order valence-electron chi connectivity index (χ1n) is 6.13. The van der Waals surface area contributed by atoms with E-state index in [0.717, 1.165) is 6.07 Å². The van der Waals surface area contributed by atoms with Crippen molar-refractivity contribution in [2.75, 3.05) is 7.05 Å². The van der Waals surface area contributed by atoms with Crippen molar-refractivity contribution in [3.63, 3.8) is 0 Å². The molecule has 0 aliphatic heterocycles. The number of nitrogens with one attached hydrogen (secondary N) is 1. The van der Waals surface area contributed by atoms with Gasteiger partial charge in [0, 0.05) is 0 Å². The van der Waals surface area contributed by atoms with Gasteiger partial charge in [-0.1, -0.05) is 47.5 Å². The third-order valence-electron chi connectivity index (χ3n) is 3.14. The van der Waals surface area contributed by atoms with Crippen LogP contribution in [0.4, 0.5) is 13.2 Å². The minimum atomic E-state index is -4.41. The highest BCUT2D eigenvalue weighted by atomic mass is 35.5. The summed E-state index contributed by atoms with van der Waals surface area (Å²) in [5.74, 6) is 0. The van der Waals surface area contributed by atoms with Crippen molar-refractivity contribution >= 4 is 23.2 Å². The summed E-state index contributed by atoms with van der Waals surface area (Å²) in [6.07, 6.45) is -4.41. The van der Waals surface area contributed by atoms with Gasteiger partial charge in [-0.3, -0.25) is 0 Å². The van der Waals surface area contributed by atoms with E-state index in [1.54, 1.807) is 31.3 Å². The van der Waals surface area contributed by atoms with Gasteiger partial charge >= 0.3 is 6.18 Å². The molecule has 1 nitrogen and oxygen atoms in total. The van der Waals surface area contributed by atoms with Gasteiger partial charge in [0.05, 0.1) is 21.7 Å². The molecule has 2 aromatic rings. The topological polar surface area (TPSA) is 12.0 Å². The van der Waals surface area contributed by atoms with E-state index in [1.807, 2.05) is 0 Å². The molecule has 21 heavy (non-hydrogen) atoms. The molecule has 0 saturated carbocycles. The fourth-order valence-electron chi connectivity index (χ4n) is 2.20. The second-order valence-electron chi connectivity index (χ2n) is 4.48. The minimum Gasteiger partial charge on any atom is -0.309 e. The van der Waals surface area contributed by atoms with Crippen LogP contribution in [0.25, 0.3) is 0 Å². The molecule has 6 heteroatoms. The number of benzene rings is 2. The van der Waals surface area contributed by atoms with Gasteiger partial charge in [-0.2, -0.15) is 13.2 Å². The number of alkyl halides is 3. The highest BCUT2D eigenvalue weighted by molar-refractivity contribution is 6.42. The van der Waals surface area contributed by atoms with Crippen molar-refractivity contribution in [2.45, 2.75) is 12.2 Å². The lowest BCUT2D eigenvalue weighted by Crippen LogP contribution is -2.22. The molecular formula is C15H12Cl2F3N. The third kappa shape index (κ3) is 3.51. The Morgan fingerprint density at radius 2 is 1.67 bits per heavy atom. The summed E-state index contributed by atoms with van der Waals surface area (Å²) in [4.78, 5) is 0. The molecule has 0 aromatic heterocycles. The van der Waals surface area contributed by atoms with Crippen LogP contribution in [0.5, 0.6) is 0 Å². The van der Waals surface area contributed by atoms with Gasteiger partial charge in [0.1, 0.15) is 0 Å². The number of halogens is 5. The summed E-state index contributed by atoms with van der Waals surface area (Å²) in [7, 11) is 1.60. The zero-order valence-electron chi connectivity index (χ0n) is 11.0. The first-order valence-corrected chi connectivity index (χ1v) is 6.88. The Morgan fingerprint density at radius 1 is 1.00 bits per heavy atom. The van der Waals surface area contributed by atoms with Crippen LogP contribution < -0.4 is 5.32 Å². The lowest BCUT2D eigenvalue weighted by molar-refractivity contribution is -0.138. The first kappa shape index (κ1) is 16.1. The third-order valence-corrected chi connectivity index (χ3v) is 3.88. The molecule has 0 radical (unpaired) electrons. The van der Waals surface area contributed by atoms with Crippen molar-refractivity contribution in [1.29, 1.82) is 0 Å². The molecule has 0 saturated heterocycles. The summed E-state index contributed by atoms with van der Waals surface area (Å²) < 4.78 is 39.4. The number of rotatable bonds is 3. The molecule has 0 aliphatic rings. The monoisotopic (exact) mass is 333 g/mol. The van der Waals surface area contributed by atoms with E-state index >= 15 is 0 Å². The smallest absolute Gasteiger partial charge is 0.309 e. The fourth-order valence-corrected chi connectivity index (χ4v) is 2.51. The van der Waals surface area contributed by atoms with Crippen molar-refractivity contribution in [2.24, 2.45) is 0 Å². The molecule has 0 fully saturated rings. The zero-order valence-corrected chi connectivity index (χ0v) is 12.5. The van der Waals surface area contributed by atoms with Gasteiger partial charge < -0.3 is 5.32 Å². The standard InChI is InChI=1S/C15H12Cl2F3N/c1-21-14(9-6-7-12(16)13(17)8-9)10-4-2-3-5-11(10)15(18,19)20/h2-8,14,21H,1H3. The van der Waals surface area contributed by atoms with Crippen LogP contribution >= 0.6 is 23.2 Å². The normalized spacial score (nSPS) is 13.2. The molecule has 2 aromatic carbocycles. The van der Waals surface area contributed by atoms with Gasteiger partial charge in [0.25, 0.3) is 0 Å². The van der Waals surface area contributed by atoms with Crippen LogP contribution in [0.1, 0.15) is 22.7 Å². The van der Waals surface area contributed by atoms with Crippen LogP contribution in [0.15, 0.2) is 42.5 Å². The van der Waals surface area contributed by atoms with Gasteiger partial charge in [0.2, 0.25) is 0 Å². The average molecular weight is 334 g/mol. The van der Waals surface area contributed by atoms with Crippen LogP contribution in [-0.2, 0) is 6.18 Å². The highest BCUT2D eigenvalue weighted by Crippen LogP contribution is 2.37. The molecule has 1 atom stereocenters. The van der Waals surface area contributed by atoms with E-state index in [9.17, 15) is 13.2 Å². The maximum absolute atomic E-state index is 13.1. The average Bonchev–Trinajstić information content (AvgIpc) is 2.43. The second-order valence-corrected chi connectivity index (χ2v) is 5.29. The summed E-state index contributed by atoms with van der Waals surface area (Å²) in [5.41, 5.74) is 0.0879. The van der Waals surface area contributed by atoms with Gasteiger partial charge in [-0.25, -0.2) is 0 Å². The molecule has 0 spiro atoms. The van der Waals surface area contributed by atoms with Crippen LogP contribution in [0.3, 0.4) is 0 Å². The Kier molecular flexibility index (Phi) is 4.81. The van der Waals surface area contributed by atoms with Crippen molar-refractivity contribution in [1.82, 2.24) is 5.32 Å². The zero-order chi connectivity index (χ0) is 15.6. The van der Waals surface area contributed by atoms with E-state index in [-0.39, 0.29) is 5.56 Å². The fraction of sp³-hybridized carbons (Fsp3) is 0.200. The Balaban J connectivity index is 2.54. The summed E-state index contributed by atoms with van der Waals surface area (Å²) in [6, 6.07) is 9.63. The Bertz CT molecular complexity index is 641. The quantitative estimate of drug-likeness (QED) is 0.801. The molecule has 1 N–H and O–H groups in total. The molecule has 2 rings (SSSR count). The Hall–Kier alpha value is -1.23. The van der Waals surface area contributed by atoms with Gasteiger partial charge in [-0.15, -0.1) is 0 Å². The summed E-state index contributed by atoms with van der Waals surface area (Å²) in [6.45, 7) is 0. The van der Waals surface area contributed by atoms with Crippen LogP contribution in [0, 0.1) is 0 Å². The molecule has 0 aliphatic carbocycles. The van der Waals surface area contributed by atoms with E-state index in [1.165, 1.54) is 12.1 Å². The van der Waals surface area contributed by atoms with Gasteiger partial charge in [-0.05, 0) is 36.4 Å². The predicted octanol–water partition coefficient (Wildman–Crippen LogP) is 5.32. The van der Waals surface area contributed by atoms with Crippen LogP contribution in [-0.4, -0.2) is 7.05 Å². The second kappa shape index (κ2) is 6.26. The highest BCUT2D eigenvalue weighted by Gasteiger charge is 2.35. The van der Waals surface area contributed by atoms with E-state index in [4.69, 9.17) is 23.2 Å². The SMILES string of the molecule is CNC(c1ccc(Cl)c(Cl)c1)c1ccccc1C(F)(F)F.